The molecule has 0 spiro atoms. The second-order valence-corrected chi connectivity index (χ2v) is 8.45. The molecule has 12 heteroatoms. The lowest BCUT2D eigenvalue weighted by Gasteiger charge is -2.30. The lowest BCUT2D eigenvalue weighted by Crippen LogP contribution is -2.57. The lowest BCUT2D eigenvalue weighted by molar-refractivity contribution is -0.854. The van der Waals surface area contributed by atoms with E-state index in [0.29, 0.717) is 12.8 Å². The van der Waals surface area contributed by atoms with Gasteiger partial charge in [0.25, 0.3) is 11.8 Å². The van der Waals surface area contributed by atoms with Crippen LogP contribution in [0.3, 0.4) is 0 Å². The number of hydrogen-bond donors (Lipinski definition) is 1. The Bertz CT molecular complexity index is 850. The van der Waals surface area contributed by atoms with Gasteiger partial charge in [-0.3, -0.25) is 14.5 Å². The zero-order valence-electron chi connectivity index (χ0n) is 14.8. The Morgan fingerprint density at radius 2 is 1.54 bits per heavy atom. The van der Waals surface area contributed by atoms with Crippen molar-refractivity contribution in [3.63, 3.8) is 0 Å². The Morgan fingerprint density at radius 3 is 2.00 bits per heavy atom. The summed E-state index contributed by atoms with van der Waals surface area (Å²) in [5, 5.41) is 0. The van der Waals surface area contributed by atoms with Gasteiger partial charge in [-0.05, 0) is 31.6 Å². The number of imide groups is 2. The normalized spacial score (nSPS) is 27.5. The number of hydroxylamine groups is 2. The number of carbonyl (C=O) groups excluding carboxylic acids is 5. The Hall–Kier alpha value is -2.44. The molecule has 0 atom stereocenters. The highest BCUT2D eigenvalue weighted by atomic mass is 32.2. The summed E-state index contributed by atoms with van der Waals surface area (Å²) >= 11 is 0. The second-order valence-electron chi connectivity index (χ2n) is 7.04. The molecule has 0 bridgehead atoms. The average molecular weight is 415 g/mol. The molecule has 0 aromatic rings. The molecule has 1 N–H and O–H groups in total. The van der Waals surface area contributed by atoms with Gasteiger partial charge in [-0.1, -0.05) is 0 Å². The van der Waals surface area contributed by atoms with E-state index in [1.807, 2.05) is 0 Å². The first kappa shape index (κ1) is 20.3. The highest BCUT2D eigenvalue weighted by Gasteiger charge is 2.65. The number of hydrogen-bond acceptors (Lipinski definition) is 8. The summed E-state index contributed by atoms with van der Waals surface area (Å²) in [6, 6.07) is 0. The largest absolute Gasteiger partial charge is 0.488 e. The van der Waals surface area contributed by atoms with Crippen molar-refractivity contribution in [1.29, 1.82) is 0 Å². The molecule has 1 aliphatic carbocycles. The summed E-state index contributed by atoms with van der Waals surface area (Å²) in [7, 11) is -5.33. The molecule has 0 unspecified atom stereocenters. The van der Waals surface area contributed by atoms with Crippen LogP contribution in [0.25, 0.3) is 0 Å². The van der Waals surface area contributed by atoms with Crippen molar-refractivity contribution < 1.29 is 45.8 Å². The van der Waals surface area contributed by atoms with E-state index in [1.54, 1.807) is 0 Å². The van der Waals surface area contributed by atoms with Crippen LogP contribution < -0.4 is 0 Å². The molecule has 2 fully saturated rings. The average Bonchev–Trinajstić information content (AvgIpc) is 3.10. The monoisotopic (exact) mass is 415 g/mol. The summed E-state index contributed by atoms with van der Waals surface area (Å²) in [6.07, 6.45) is 2.92. The fourth-order valence-corrected chi connectivity index (χ4v) is 4.57. The van der Waals surface area contributed by atoms with Gasteiger partial charge in [0.1, 0.15) is 4.05 Å². The van der Waals surface area contributed by atoms with Crippen molar-refractivity contribution in [2.45, 2.75) is 38.5 Å². The molecule has 1 saturated carbocycles. The molecule has 4 amide bonds. The predicted molar refractivity (Wildman–Crippen MR) is 88.5 cm³/mol. The van der Waals surface area contributed by atoms with E-state index in [2.05, 4.69) is 0 Å². The van der Waals surface area contributed by atoms with Gasteiger partial charge in [-0.2, -0.15) is 0 Å². The quantitative estimate of drug-likeness (QED) is 0.360. The minimum Gasteiger partial charge on any atom is -0.275 e. The van der Waals surface area contributed by atoms with E-state index in [9.17, 15) is 36.9 Å². The number of nitrogens with zero attached hydrogens (tertiary/aromatic N) is 2. The molecule has 0 aromatic heterocycles. The van der Waals surface area contributed by atoms with Crippen molar-refractivity contribution in [2.75, 3.05) is 6.54 Å². The zero-order chi connectivity index (χ0) is 20.7. The molecular weight excluding hydrogens is 396 g/mol. The highest BCUT2D eigenvalue weighted by molar-refractivity contribution is 7.80. The van der Waals surface area contributed by atoms with Crippen molar-refractivity contribution in [3.8, 4) is 0 Å². The SMILES string of the molecule is O=C(O[N+]1(S(=O)(=O)O)C(=O)CCC1=O)C1CCC(CN2C(=O)C=CC2=O)CC1. The van der Waals surface area contributed by atoms with E-state index in [-0.39, 0.29) is 25.3 Å². The molecule has 0 aromatic carbocycles. The molecule has 2 heterocycles. The van der Waals surface area contributed by atoms with Gasteiger partial charge in [-0.25, -0.2) is 23.8 Å². The molecule has 0 radical (unpaired) electrons. The van der Waals surface area contributed by atoms with Crippen molar-refractivity contribution in [3.05, 3.63) is 12.2 Å². The first-order valence-corrected chi connectivity index (χ1v) is 10.2. The smallest absolute Gasteiger partial charge is 0.275 e. The summed E-state index contributed by atoms with van der Waals surface area (Å²) in [4.78, 5) is 65.4. The zero-order valence-corrected chi connectivity index (χ0v) is 15.6. The minimum atomic E-state index is -5.33. The second kappa shape index (κ2) is 7.18. The topological polar surface area (TPSA) is 152 Å². The van der Waals surface area contributed by atoms with Crippen LogP contribution in [0.1, 0.15) is 38.5 Å². The maximum absolute atomic E-state index is 12.4. The fraction of sp³-hybridized carbons (Fsp3) is 0.562. The minimum absolute atomic E-state index is 0.0309. The van der Waals surface area contributed by atoms with E-state index >= 15 is 0 Å². The molecule has 28 heavy (non-hydrogen) atoms. The molecular formula is C16H19N2O9S+. The standard InChI is InChI=1S/C16H18N2O9S/c19-12-5-6-13(20)17(12)9-10-1-3-11(4-2-10)16(23)27-18(28(24,25)26)14(21)7-8-15(18)22/h5-6,10-11H,1-4,7-9H2/p+1. The van der Waals surface area contributed by atoms with Gasteiger partial charge in [0.05, 0.1) is 18.8 Å². The van der Waals surface area contributed by atoms with Gasteiger partial charge in [0.2, 0.25) is 0 Å². The van der Waals surface area contributed by atoms with Gasteiger partial charge in [0, 0.05) is 18.7 Å². The Labute approximate surface area is 160 Å². The highest BCUT2D eigenvalue weighted by Crippen LogP contribution is 2.34. The summed E-state index contributed by atoms with van der Waals surface area (Å²) in [6.45, 7) is 0.217. The van der Waals surface area contributed by atoms with Crippen molar-refractivity contribution in [1.82, 2.24) is 4.90 Å². The maximum Gasteiger partial charge on any atom is 0.488 e. The van der Waals surface area contributed by atoms with Crippen LogP contribution in [0.5, 0.6) is 0 Å². The van der Waals surface area contributed by atoms with Gasteiger partial charge in [-0.15, -0.1) is 8.42 Å². The summed E-state index contributed by atoms with van der Waals surface area (Å²) in [5.74, 6) is -5.07. The van der Waals surface area contributed by atoms with E-state index in [1.165, 1.54) is 12.2 Å². The maximum atomic E-state index is 12.4. The third kappa shape index (κ3) is 3.38. The third-order valence-corrected chi connectivity index (χ3v) is 6.41. The molecule has 11 nitrogen and oxygen atoms in total. The van der Waals surface area contributed by atoms with E-state index in [0.717, 1.165) is 4.90 Å². The van der Waals surface area contributed by atoms with Crippen LogP contribution in [0.4, 0.5) is 0 Å². The molecule has 1 saturated heterocycles. The third-order valence-electron chi connectivity index (χ3n) is 5.27. The number of quaternary nitrogens is 1. The molecule has 3 aliphatic rings. The Balaban J connectivity index is 1.62. The van der Waals surface area contributed by atoms with Crippen LogP contribution in [0.15, 0.2) is 12.2 Å². The first-order chi connectivity index (χ1) is 13.1. The first-order valence-electron chi connectivity index (χ1n) is 8.76. The Kier molecular flexibility index (Phi) is 5.21. The van der Waals surface area contributed by atoms with Gasteiger partial charge < -0.3 is 0 Å². The van der Waals surface area contributed by atoms with Crippen LogP contribution in [0.2, 0.25) is 0 Å². The van der Waals surface area contributed by atoms with Gasteiger partial charge >= 0.3 is 28.1 Å². The molecule has 152 valence electrons. The summed E-state index contributed by atoms with van der Waals surface area (Å²) in [5.41, 5.74) is 0. The van der Waals surface area contributed by atoms with Crippen LogP contribution in [-0.2, 0) is 39.1 Å². The van der Waals surface area contributed by atoms with E-state index < -0.39 is 62.7 Å². The van der Waals surface area contributed by atoms with Crippen molar-refractivity contribution in [2.24, 2.45) is 11.8 Å². The predicted octanol–water partition coefficient (Wildman–Crippen LogP) is -0.357. The molecule has 2 aliphatic heterocycles. The van der Waals surface area contributed by atoms with Crippen molar-refractivity contribution >= 4 is 39.9 Å². The summed E-state index contributed by atoms with van der Waals surface area (Å²) < 4.78 is 30.3. The number of carbonyl (C=O) groups is 5. The lowest BCUT2D eigenvalue weighted by atomic mass is 9.82. The molecule has 3 rings (SSSR count). The van der Waals surface area contributed by atoms with Crippen LogP contribution >= 0.6 is 0 Å². The number of rotatable bonds is 5. The number of amides is 4. The Morgan fingerprint density at radius 1 is 1.04 bits per heavy atom. The fourth-order valence-electron chi connectivity index (χ4n) is 3.70. The van der Waals surface area contributed by atoms with Crippen LogP contribution in [0, 0.1) is 11.8 Å². The van der Waals surface area contributed by atoms with Gasteiger partial charge in [0.15, 0.2) is 0 Å². The van der Waals surface area contributed by atoms with Crippen LogP contribution in [-0.4, -0.2) is 58.1 Å². The van der Waals surface area contributed by atoms with E-state index in [4.69, 9.17) is 4.84 Å².